The molecular weight excluding hydrogens is 511 g/mol. The van der Waals surface area contributed by atoms with E-state index in [1.807, 2.05) is 67.8 Å². The highest BCUT2D eigenvalue weighted by Gasteiger charge is 2.16. The number of halogens is 3. The van der Waals surface area contributed by atoms with Crippen LogP contribution in [0.4, 0.5) is 0 Å². The predicted molar refractivity (Wildman–Crippen MR) is 74.8 cm³/mol. The number of hydrogen-bond donors (Lipinski definition) is 2. The number of carbonyl (C=O) groups excluding carboxylic acids is 1. The quantitative estimate of drug-likeness (QED) is 0.565. The number of carbonyl (C=O) groups is 1. The van der Waals surface area contributed by atoms with Crippen LogP contribution in [0.15, 0.2) is 6.07 Å². The van der Waals surface area contributed by atoms with Gasteiger partial charge in [-0.2, -0.15) is 0 Å². The van der Waals surface area contributed by atoms with E-state index in [-0.39, 0.29) is 5.75 Å². The van der Waals surface area contributed by atoms with Gasteiger partial charge in [-0.3, -0.25) is 4.79 Å². The van der Waals surface area contributed by atoms with Gasteiger partial charge in [-0.1, -0.05) is 0 Å². The Labute approximate surface area is 116 Å². The Morgan fingerprint density at radius 1 is 1.31 bits per heavy atom. The fourth-order valence-corrected chi connectivity index (χ4v) is 4.71. The lowest BCUT2D eigenvalue weighted by molar-refractivity contribution is 0.0998. The molecule has 13 heavy (non-hydrogen) atoms. The van der Waals surface area contributed by atoms with Gasteiger partial charge in [0.15, 0.2) is 0 Å². The molecule has 70 valence electrons. The van der Waals surface area contributed by atoms with Crippen molar-refractivity contribution in [1.29, 1.82) is 0 Å². The largest absolute Gasteiger partial charge is 0.506 e. The molecule has 1 amide bonds. The zero-order valence-corrected chi connectivity index (χ0v) is 12.6. The highest BCUT2D eigenvalue weighted by atomic mass is 127. The van der Waals surface area contributed by atoms with E-state index in [1.165, 1.54) is 0 Å². The number of phenols is 1. The zero-order chi connectivity index (χ0) is 10.2. The second-order valence-corrected chi connectivity index (χ2v) is 5.65. The summed E-state index contributed by atoms with van der Waals surface area (Å²) in [5, 5.41) is 9.53. The highest BCUT2D eigenvalue weighted by molar-refractivity contribution is 14.1. The topological polar surface area (TPSA) is 63.3 Å². The first-order chi connectivity index (χ1) is 5.95. The first-order valence-electron chi connectivity index (χ1n) is 3.11. The van der Waals surface area contributed by atoms with E-state index in [0.717, 1.165) is 7.14 Å². The maximum absolute atomic E-state index is 11.0. The molecule has 0 saturated heterocycles. The molecule has 3 N–H and O–H groups in total. The summed E-state index contributed by atoms with van der Waals surface area (Å²) in [6.45, 7) is 0. The van der Waals surface area contributed by atoms with Crippen molar-refractivity contribution in [2.45, 2.75) is 0 Å². The number of phenolic OH excluding ortho intramolecular Hbond substituents is 1. The minimum absolute atomic E-state index is 0.121. The van der Waals surface area contributed by atoms with Crippen LogP contribution < -0.4 is 5.73 Å². The van der Waals surface area contributed by atoms with Crippen LogP contribution in [0.3, 0.4) is 0 Å². The SMILES string of the molecule is NC(=O)c1c(I)cc(I)c(O)c1I. The number of aromatic hydroxyl groups is 1. The third-order valence-electron chi connectivity index (χ3n) is 1.39. The van der Waals surface area contributed by atoms with Crippen LogP contribution in [0.25, 0.3) is 0 Å². The Hall–Kier alpha value is 0.680. The molecule has 1 aromatic carbocycles. The Balaban J connectivity index is 3.53. The van der Waals surface area contributed by atoms with E-state index in [0.29, 0.717) is 9.13 Å². The van der Waals surface area contributed by atoms with Gasteiger partial charge >= 0.3 is 0 Å². The summed E-state index contributed by atoms with van der Waals surface area (Å²) >= 11 is 5.94. The molecule has 0 saturated carbocycles. The number of benzene rings is 1. The number of hydrogen-bond acceptors (Lipinski definition) is 2. The van der Waals surface area contributed by atoms with Gasteiger partial charge in [-0.05, 0) is 73.8 Å². The van der Waals surface area contributed by atoms with Crippen molar-refractivity contribution in [3.05, 3.63) is 22.3 Å². The van der Waals surface area contributed by atoms with E-state index >= 15 is 0 Å². The summed E-state index contributed by atoms with van der Waals surface area (Å²) in [7, 11) is 0. The molecule has 0 atom stereocenters. The van der Waals surface area contributed by atoms with Crippen LogP contribution >= 0.6 is 67.8 Å². The predicted octanol–water partition coefficient (Wildman–Crippen LogP) is 2.30. The minimum Gasteiger partial charge on any atom is -0.506 e. The molecule has 0 aliphatic rings. The lowest BCUT2D eigenvalue weighted by Crippen LogP contribution is -2.15. The molecule has 6 heteroatoms. The monoisotopic (exact) mass is 515 g/mol. The summed E-state index contributed by atoms with van der Waals surface area (Å²) in [4.78, 5) is 11.0. The third kappa shape index (κ3) is 2.37. The summed E-state index contributed by atoms with van der Waals surface area (Å²) in [6, 6.07) is 1.72. The molecule has 3 nitrogen and oxygen atoms in total. The molecule has 0 bridgehead atoms. The Kier molecular flexibility index (Phi) is 4.04. The number of rotatable bonds is 1. The molecule has 0 radical (unpaired) electrons. The minimum atomic E-state index is -0.513. The molecule has 0 heterocycles. The second kappa shape index (κ2) is 4.47. The number of primary amides is 1. The fraction of sp³-hybridized carbons (Fsp3) is 0. The number of amides is 1. The third-order valence-corrected chi connectivity index (χ3v) is 4.12. The molecule has 0 unspecified atom stereocenters. The van der Waals surface area contributed by atoms with Crippen molar-refractivity contribution >= 4 is 73.7 Å². The lowest BCUT2D eigenvalue weighted by Gasteiger charge is -2.07. The van der Waals surface area contributed by atoms with Crippen molar-refractivity contribution in [2.24, 2.45) is 5.73 Å². The van der Waals surface area contributed by atoms with E-state index in [1.54, 1.807) is 6.07 Å². The van der Waals surface area contributed by atoms with Gasteiger partial charge in [-0.15, -0.1) is 0 Å². The Morgan fingerprint density at radius 3 is 2.31 bits per heavy atom. The maximum Gasteiger partial charge on any atom is 0.250 e. The summed E-state index contributed by atoms with van der Waals surface area (Å²) in [5.41, 5.74) is 5.56. The van der Waals surface area contributed by atoms with Crippen molar-refractivity contribution in [1.82, 2.24) is 0 Å². The van der Waals surface area contributed by atoms with Crippen molar-refractivity contribution in [2.75, 3.05) is 0 Å². The Bertz CT molecular complexity index is 378. The average Bonchev–Trinajstić information content (AvgIpc) is 1.99. The molecule has 1 rings (SSSR count). The molecule has 0 aliphatic heterocycles. The average molecular weight is 515 g/mol. The van der Waals surface area contributed by atoms with Crippen molar-refractivity contribution in [3.63, 3.8) is 0 Å². The van der Waals surface area contributed by atoms with Gasteiger partial charge in [0.2, 0.25) is 0 Å². The zero-order valence-electron chi connectivity index (χ0n) is 6.14. The Morgan fingerprint density at radius 2 is 1.85 bits per heavy atom. The van der Waals surface area contributed by atoms with Crippen molar-refractivity contribution < 1.29 is 9.90 Å². The van der Waals surface area contributed by atoms with Gasteiger partial charge in [0.05, 0.1) is 12.7 Å². The first-order valence-corrected chi connectivity index (χ1v) is 6.35. The van der Waals surface area contributed by atoms with E-state index in [9.17, 15) is 9.90 Å². The summed E-state index contributed by atoms with van der Waals surface area (Å²) in [5.74, 6) is -0.393. The van der Waals surface area contributed by atoms with E-state index in [4.69, 9.17) is 5.73 Å². The van der Waals surface area contributed by atoms with Crippen LogP contribution in [0.5, 0.6) is 5.75 Å². The van der Waals surface area contributed by atoms with Gasteiger partial charge in [0.25, 0.3) is 5.91 Å². The molecular formula is C7H4I3NO2. The molecule has 0 aliphatic carbocycles. The number of nitrogens with two attached hydrogens (primary N) is 1. The lowest BCUT2D eigenvalue weighted by atomic mass is 10.2. The normalized spacial score (nSPS) is 10.1. The van der Waals surface area contributed by atoms with Gasteiger partial charge in [0, 0.05) is 3.57 Å². The van der Waals surface area contributed by atoms with Gasteiger partial charge < -0.3 is 10.8 Å². The highest BCUT2D eigenvalue weighted by Crippen LogP contribution is 2.31. The van der Waals surface area contributed by atoms with E-state index in [2.05, 4.69) is 0 Å². The molecule has 0 fully saturated rings. The van der Waals surface area contributed by atoms with Crippen LogP contribution in [-0.4, -0.2) is 11.0 Å². The van der Waals surface area contributed by atoms with Crippen LogP contribution in [0.1, 0.15) is 10.4 Å². The van der Waals surface area contributed by atoms with Gasteiger partial charge in [-0.25, -0.2) is 0 Å². The fourth-order valence-electron chi connectivity index (χ4n) is 0.806. The molecule has 0 spiro atoms. The molecule has 0 aromatic heterocycles. The van der Waals surface area contributed by atoms with Crippen LogP contribution in [-0.2, 0) is 0 Å². The standard InChI is InChI=1S/C7H4I3NO2/c8-2-1-3(9)6(12)5(10)4(2)7(11)13/h1,12H,(H2,11,13). The van der Waals surface area contributed by atoms with Crippen molar-refractivity contribution in [3.8, 4) is 5.75 Å². The van der Waals surface area contributed by atoms with Crippen LogP contribution in [0.2, 0.25) is 0 Å². The van der Waals surface area contributed by atoms with Crippen LogP contribution in [0, 0.1) is 10.7 Å². The summed E-state index contributed by atoms with van der Waals surface area (Å²) < 4.78 is 1.99. The maximum atomic E-state index is 11.0. The smallest absolute Gasteiger partial charge is 0.250 e. The van der Waals surface area contributed by atoms with Gasteiger partial charge in [0.1, 0.15) is 5.75 Å². The second-order valence-electron chi connectivity index (χ2n) is 2.24. The first kappa shape index (κ1) is 11.8. The van der Waals surface area contributed by atoms with E-state index < -0.39 is 5.91 Å². The summed E-state index contributed by atoms with van der Waals surface area (Å²) in [6.07, 6.45) is 0. The molecule has 1 aromatic rings.